The molecule has 0 amide bonds. The van der Waals surface area contributed by atoms with Crippen LogP contribution in [-0.2, 0) is 0 Å². The molecule has 0 aliphatic rings. The predicted octanol–water partition coefficient (Wildman–Crippen LogP) is 5.25. The third kappa shape index (κ3) is 3.59. The van der Waals surface area contributed by atoms with Crippen molar-refractivity contribution >= 4 is 11.8 Å². The highest BCUT2D eigenvalue weighted by Crippen LogP contribution is 2.43. The summed E-state index contributed by atoms with van der Waals surface area (Å²) in [6, 6.07) is 30.3. The van der Waals surface area contributed by atoms with Crippen molar-refractivity contribution in [3.05, 3.63) is 102 Å². The minimum absolute atomic E-state index is 0.0361. The highest BCUT2D eigenvalue weighted by molar-refractivity contribution is 7.99. The summed E-state index contributed by atoms with van der Waals surface area (Å²) in [5.74, 6) is 0. The van der Waals surface area contributed by atoms with Gasteiger partial charge in [-0.25, -0.2) is 0 Å². The van der Waals surface area contributed by atoms with Gasteiger partial charge in [0, 0.05) is 4.90 Å². The monoisotopic (exact) mass is 306 g/mol. The van der Waals surface area contributed by atoms with E-state index in [0.29, 0.717) is 0 Å². The molecule has 0 unspecified atom stereocenters. The van der Waals surface area contributed by atoms with Crippen molar-refractivity contribution in [1.82, 2.24) is 0 Å². The van der Waals surface area contributed by atoms with Crippen molar-refractivity contribution in [3.63, 3.8) is 0 Å². The summed E-state index contributed by atoms with van der Waals surface area (Å²) in [5, 5.41) is 10.8. The molecule has 110 valence electrons. The molecular formula is C20H18OS. The predicted molar refractivity (Wildman–Crippen MR) is 92.9 cm³/mol. The highest BCUT2D eigenvalue weighted by atomic mass is 32.2. The first-order valence-corrected chi connectivity index (χ1v) is 8.22. The molecule has 0 saturated carbocycles. The van der Waals surface area contributed by atoms with Crippen LogP contribution in [0.5, 0.6) is 0 Å². The first kappa shape index (κ1) is 14.9. The SMILES string of the molecule is O[C@H](c1ccccc1)[C@@H](Sc1ccccc1)c1ccccc1. The van der Waals surface area contributed by atoms with Gasteiger partial charge in [0.15, 0.2) is 0 Å². The van der Waals surface area contributed by atoms with Crippen LogP contribution in [0.25, 0.3) is 0 Å². The Morgan fingerprint density at radius 3 is 1.59 bits per heavy atom. The second kappa shape index (κ2) is 7.30. The standard InChI is InChI=1S/C20H18OS/c21-19(16-10-4-1-5-11-16)20(17-12-6-2-7-13-17)22-18-14-8-3-9-15-18/h1-15,19-21H/t19-,20+/m1/s1. The molecule has 0 aromatic heterocycles. The third-order valence-corrected chi connectivity index (χ3v) is 4.89. The smallest absolute Gasteiger partial charge is 0.0952 e. The third-order valence-electron chi connectivity index (χ3n) is 3.56. The molecule has 0 heterocycles. The second-order valence-electron chi connectivity index (χ2n) is 5.12. The largest absolute Gasteiger partial charge is 0.387 e. The van der Waals surface area contributed by atoms with Gasteiger partial charge in [0.25, 0.3) is 0 Å². The van der Waals surface area contributed by atoms with E-state index in [2.05, 4.69) is 24.3 Å². The zero-order valence-electron chi connectivity index (χ0n) is 12.2. The summed E-state index contributed by atoms with van der Waals surface area (Å²) in [4.78, 5) is 1.16. The molecule has 0 spiro atoms. The zero-order chi connectivity index (χ0) is 15.2. The summed E-state index contributed by atoms with van der Waals surface area (Å²) >= 11 is 1.69. The van der Waals surface area contributed by atoms with E-state index in [4.69, 9.17) is 0 Å². The molecule has 3 rings (SSSR count). The average Bonchev–Trinajstić information content (AvgIpc) is 2.61. The Bertz CT molecular complexity index is 683. The average molecular weight is 306 g/mol. The Morgan fingerprint density at radius 1 is 0.591 bits per heavy atom. The van der Waals surface area contributed by atoms with Gasteiger partial charge in [0.1, 0.15) is 0 Å². The van der Waals surface area contributed by atoms with Crippen molar-refractivity contribution in [2.75, 3.05) is 0 Å². The fourth-order valence-corrected chi connectivity index (χ4v) is 3.61. The number of thioether (sulfide) groups is 1. The first-order chi connectivity index (χ1) is 10.8. The summed E-state index contributed by atoms with van der Waals surface area (Å²) in [7, 11) is 0. The Kier molecular flexibility index (Phi) is 4.94. The van der Waals surface area contributed by atoms with Crippen molar-refractivity contribution < 1.29 is 5.11 Å². The maximum atomic E-state index is 10.9. The van der Waals surface area contributed by atoms with Crippen LogP contribution in [0.4, 0.5) is 0 Å². The quantitative estimate of drug-likeness (QED) is 0.649. The summed E-state index contributed by atoms with van der Waals surface area (Å²) in [5.41, 5.74) is 2.08. The number of hydrogen-bond acceptors (Lipinski definition) is 2. The number of aliphatic hydroxyl groups is 1. The summed E-state index contributed by atoms with van der Waals surface area (Å²) in [6.07, 6.45) is -0.547. The highest BCUT2D eigenvalue weighted by Gasteiger charge is 2.23. The van der Waals surface area contributed by atoms with E-state index in [9.17, 15) is 5.11 Å². The maximum absolute atomic E-state index is 10.9. The van der Waals surface area contributed by atoms with Crippen molar-refractivity contribution in [2.45, 2.75) is 16.2 Å². The molecule has 0 aliphatic carbocycles. The lowest BCUT2D eigenvalue weighted by Gasteiger charge is -2.23. The van der Waals surface area contributed by atoms with Gasteiger partial charge >= 0.3 is 0 Å². The van der Waals surface area contributed by atoms with Gasteiger partial charge in [0.2, 0.25) is 0 Å². The second-order valence-corrected chi connectivity index (χ2v) is 6.33. The van der Waals surface area contributed by atoms with E-state index < -0.39 is 6.10 Å². The minimum Gasteiger partial charge on any atom is -0.387 e. The van der Waals surface area contributed by atoms with Crippen molar-refractivity contribution in [2.24, 2.45) is 0 Å². The lowest BCUT2D eigenvalue weighted by atomic mass is 10.0. The Morgan fingerprint density at radius 2 is 1.05 bits per heavy atom. The Hall–Kier alpha value is -2.03. The van der Waals surface area contributed by atoms with Crippen LogP contribution < -0.4 is 0 Å². The van der Waals surface area contributed by atoms with E-state index >= 15 is 0 Å². The molecule has 0 aliphatic heterocycles. The molecule has 2 atom stereocenters. The number of hydrogen-bond donors (Lipinski definition) is 1. The molecule has 22 heavy (non-hydrogen) atoms. The fourth-order valence-electron chi connectivity index (χ4n) is 2.43. The minimum atomic E-state index is -0.547. The van der Waals surface area contributed by atoms with Gasteiger partial charge in [-0.3, -0.25) is 0 Å². The van der Waals surface area contributed by atoms with Crippen molar-refractivity contribution in [1.29, 1.82) is 0 Å². The number of rotatable bonds is 5. The van der Waals surface area contributed by atoms with Crippen molar-refractivity contribution in [3.8, 4) is 0 Å². The van der Waals surface area contributed by atoms with Crippen LogP contribution in [0.3, 0.4) is 0 Å². The summed E-state index contributed by atoms with van der Waals surface area (Å²) in [6.45, 7) is 0. The van der Waals surface area contributed by atoms with Crippen LogP contribution in [0.1, 0.15) is 22.5 Å². The molecule has 0 saturated heterocycles. The van der Waals surface area contributed by atoms with E-state index in [-0.39, 0.29) is 5.25 Å². The number of aliphatic hydroxyl groups excluding tert-OH is 1. The van der Waals surface area contributed by atoms with Gasteiger partial charge in [-0.15, -0.1) is 11.8 Å². The Balaban J connectivity index is 1.93. The Labute approximate surface area is 135 Å². The van der Waals surface area contributed by atoms with E-state index in [1.54, 1.807) is 11.8 Å². The van der Waals surface area contributed by atoms with Crippen LogP contribution in [0.15, 0.2) is 95.9 Å². The van der Waals surface area contributed by atoms with Crippen LogP contribution in [0, 0.1) is 0 Å². The molecule has 1 nitrogen and oxygen atoms in total. The van der Waals surface area contributed by atoms with E-state index in [1.807, 2.05) is 66.7 Å². The van der Waals surface area contributed by atoms with Gasteiger partial charge in [-0.2, -0.15) is 0 Å². The van der Waals surface area contributed by atoms with Crippen LogP contribution >= 0.6 is 11.8 Å². The molecule has 3 aromatic carbocycles. The van der Waals surface area contributed by atoms with Gasteiger partial charge in [-0.1, -0.05) is 78.9 Å². The van der Waals surface area contributed by atoms with Crippen LogP contribution in [0.2, 0.25) is 0 Å². The van der Waals surface area contributed by atoms with Gasteiger partial charge < -0.3 is 5.11 Å². The molecule has 3 aromatic rings. The lowest BCUT2D eigenvalue weighted by Crippen LogP contribution is -2.08. The molecular weight excluding hydrogens is 288 g/mol. The first-order valence-electron chi connectivity index (χ1n) is 7.34. The van der Waals surface area contributed by atoms with Crippen LogP contribution in [-0.4, -0.2) is 5.11 Å². The topological polar surface area (TPSA) is 20.2 Å². The molecule has 0 radical (unpaired) electrons. The van der Waals surface area contributed by atoms with Gasteiger partial charge in [-0.05, 0) is 23.3 Å². The zero-order valence-corrected chi connectivity index (χ0v) is 13.0. The maximum Gasteiger partial charge on any atom is 0.0952 e. The summed E-state index contributed by atoms with van der Waals surface area (Å²) < 4.78 is 0. The molecule has 0 fully saturated rings. The van der Waals surface area contributed by atoms with E-state index in [1.165, 1.54) is 0 Å². The fraction of sp³-hybridized carbons (Fsp3) is 0.100. The van der Waals surface area contributed by atoms with E-state index in [0.717, 1.165) is 16.0 Å². The molecule has 1 N–H and O–H groups in total. The van der Waals surface area contributed by atoms with Gasteiger partial charge in [0.05, 0.1) is 11.4 Å². The lowest BCUT2D eigenvalue weighted by molar-refractivity contribution is 0.175. The molecule has 0 bridgehead atoms. The molecule has 2 heteroatoms. The number of benzene rings is 3. The normalized spacial score (nSPS) is 13.5.